The highest BCUT2D eigenvalue weighted by Gasteiger charge is 2.33. The van der Waals surface area contributed by atoms with E-state index in [-0.39, 0.29) is 18.4 Å². The number of hydrazine groups is 1. The molecule has 0 aromatic heterocycles. The lowest BCUT2D eigenvalue weighted by Gasteiger charge is -2.38. The molecule has 1 atom stereocenters. The molecule has 2 amide bonds. The fraction of sp³-hybridized carbons (Fsp3) is 0.800. The van der Waals surface area contributed by atoms with Gasteiger partial charge in [-0.3, -0.25) is 9.80 Å². The zero-order valence-corrected chi connectivity index (χ0v) is 10.2. The highest BCUT2D eigenvalue weighted by molar-refractivity contribution is 5.81. The molecule has 2 N–H and O–H groups in total. The maximum Gasteiger partial charge on any atom is 0.429 e. The Balaban J connectivity index is 2.71. The van der Waals surface area contributed by atoms with Gasteiger partial charge in [0, 0.05) is 19.5 Å². The van der Waals surface area contributed by atoms with Crippen LogP contribution in [0.4, 0.5) is 4.79 Å². The third-order valence-corrected chi connectivity index (χ3v) is 2.17. The Morgan fingerprint density at radius 1 is 1.50 bits per heavy atom. The summed E-state index contributed by atoms with van der Waals surface area (Å²) in [6.07, 6.45) is -0.283. The van der Waals surface area contributed by atoms with E-state index in [1.54, 1.807) is 20.8 Å². The van der Waals surface area contributed by atoms with E-state index in [9.17, 15) is 9.59 Å². The van der Waals surface area contributed by atoms with Crippen molar-refractivity contribution in [2.24, 2.45) is 5.73 Å². The number of amides is 2. The van der Waals surface area contributed by atoms with Crippen LogP contribution < -0.4 is 5.73 Å². The zero-order chi connectivity index (χ0) is 12.5. The van der Waals surface area contributed by atoms with E-state index < -0.39 is 11.7 Å². The standard InChI is InChI=1S/C10H19N3O3/c1-10(2,3)16-9(15)13-6-7(11)5-8(14)12(13)4/h7H,5-6,11H2,1-4H3. The van der Waals surface area contributed by atoms with E-state index in [4.69, 9.17) is 10.5 Å². The van der Waals surface area contributed by atoms with Gasteiger partial charge in [0.2, 0.25) is 5.91 Å². The summed E-state index contributed by atoms with van der Waals surface area (Å²) in [6.45, 7) is 5.63. The van der Waals surface area contributed by atoms with Crippen LogP contribution in [-0.4, -0.2) is 47.3 Å². The van der Waals surface area contributed by atoms with Gasteiger partial charge in [-0.1, -0.05) is 0 Å². The quantitative estimate of drug-likeness (QED) is 0.649. The van der Waals surface area contributed by atoms with Gasteiger partial charge < -0.3 is 10.5 Å². The van der Waals surface area contributed by atoms with Crippen LogP contribution in [0.3, 0.4) is 0 Å². The predicted molar refractivity (Wildman–Crippen MR) is 58.3 cm³/mol. The molecule has 1 rings (SSSR count). The first-order chi connectivity index (χ1) is 7.20. The van der Waals surface area contributed by atoms with Gasteiger partial charge in [0.25, 0.3) is 0 Å². The Labute approximate surface area is 95.3 Å². The van der Waals surface area contributed by atoms with Crippen molar-refractivity contribution in [2.45, 2.75) is 38.8 Å². The minimum absolute atomic E-state index is 0.176. The first kappa shape index (κ1) is 12.8. The van der Waals surface area contributed by atoms with Crippen molar-refractivity contribution in [3.05, 3.63) is 0 Å². The SMILES string of the molecule is CN1C(=O)CC(N)CN1C(=O)OC(C)(C)C. The van der Waals surface area contributed by atoms with E-state index in [1.165, 1.54) is 17.1 Å². The van der Waals surface area contributed by atoms with Crippen LogP contribution in [0.15, 0.2) is 0 Å². The van der Waals surface area contributed by atoms with E-state index in [1.807, 2.05) is 0 Å². The molecule has 6 heteroatoms. The van der Waals surface area contributed by atoms with Crippen LogP contribution in [0.5, 0.6) is 0 Å². The molecule has 1 aliphatic rings. The summed E-state index contributed by atoms with van der Waals surface area (Å²) in [5, 5.41) is 2.50. The Morgan fingerprint density at radius 3 is 2.56 bits per heavy atom. The summed E-state index contributed by atoms with van der Waals surface area (Å²) < 4.78 is 5.18. The molecular formula is C10H19N3O3. The highest BCUT2D eigenvalue weighted by Crippen LogP contribution is 2.15. The molecular weight excluding hydrogens is 210 g/mol. The average molecular weight is 229 g/mol. The molecule has 0 saturated carbocycles. The van der Waals surface area contributed by atoms with E-state index in [2.05, 4.69) is 0 Å². The van der Waals surface area contributed by atoms with Crippen LogP contribution in [-0.2, 0) is 9.53 Å². The Hall–Kier alpha value is -1.30. The lowest BCUT2D eigenvalue weighted by atomic mass is 10.1. The van der Waals surface area contributed by atoms with Gasteiger partial charge in [0.15, 0.2) is 0 Å². The average Bonchev–Trinajstić information content (AvgIpc) is 2.08. The maximum atomic E-state index is 11.8. The Morgan fingerprint density at radius 2 is 2.06 bits per heavy atom. The molecule has 1 fully saturated rings. The van der Waals surface area contributed by atoms with Gasteiger partial charge in [-0.05, 0) is 20.8 Å². The molecule has 0 aromatic rings. The van der Waals surface area contributed by atoms with Gasteiger partial charge in [-0.25, -0.2) is 9.80 Å². The minimum atomic E-state index is -0.581. The van der Waals surface area contributed by atoms with Crippen molar-refractivity contribution in [1.29, 1.82) is 0 Å². The van der Waals surface area contributed by atoms with Crippen LogP contribution in [0, 0.1) is 0 Å². The molecule has 1 heterocycles. The smallest absolute Gasteiger partial charge is 0.429 e. The van der Waals surface area contributed by atoms with Gasteiger partial charge >= 0.3 is 6.09 Å². The predicted octanol–water partition coefficient (Wildman–Crippen LogP) is 0.328. The van der Waals surface area contributed by atoms with Crippen LogP contribution >= 0.6 is 0 Å². The molecule has 0 aliphatic carbocycles. The van der Waals surface area contributed by atoms with Crippen molar-refractivity contribution in [2.75, 3.05) is 13.6 Å². The van der Waals surface area contributed by atoms with Crippen molar-refractivity contribution < 1.29 is 14.3 Å². The van der Waals surface area contributed by atoms with Crippen molar-refractivity contribution in [1.82, 2.24) is 10.0 Å². The Kier molecular flexibility index (Phi) is 3.42. The Bertz CT molecular complexity index is 298. The van der Waals surface area contributed by atoms with Crippen molar-refractivity contribution >= 4 is 12.0 Å². The molecule has 1 saturated heterocycles. The number of nitrogens with zero attached hydrogens (tertiary/aromatic N) is 2. The lowest BCUT2D eigenvalue weighted by molar-refractivity contribution is -0.150. The summed E-state index contributed by atoms with van der Waals surface area (Å²) in [6, 6.07) is -0.323. The first-order valence-electron chi connectivity index (χ1n) is 5.23. The highest BCUT2D eigenvalue weighted by atomic mass is 16.6. The molecule has 0 spiro atoms. The molecule has 92 valence electrons. The van der Waals surface area contributed by atoms with Crippen LogP contribution in [0.25, 0.3) is 0 Å². The molecule has 6 nitrogen and oxygen atoms in total. The first-order valence-corrected chi connectivity index (χ1v) is 5.23. The summed E-state index contributed by atoms with van der Waals surface area (Å²) in [7, 11) is 1.54. The fourth-order valence-electron chi connectivity index (χ4n) is 1.41. The number of rotatable bonds is 0. The topological polar surface area (TPSA) is 75.9 Å². The maximum absolute atomic E-state index is 11.8. The zero-order valence-electron chi connectivity index (χ0n) is 10.2. The minimum Gasteiger partial charge on any atom is -0.442 e. The molecule has 1 aliphatic heterocycles. The third kappa shape index (κ3) is 3.10. The number of hydrogen-bond donors (Lipinski definition) is 1. The number of hydrogen-bond acceptors (Lipinski definition) is 4. The monoisotopic (exact) mass is 229 g/mol. The largest absolute Gasteiger partial charge is 0.442 e. The third-order valence-electron chi connectivity index (χ3n) is 2.17. The molecule has 1 unspecified atom stereocenters. The number of nitrogens with two attached hydrogens (primary N) is 1. The number of carbonyl (C=O) groups excluding carboxylic acids is 2. The van der Waals surface area contributed by atoms with E-state index in [0.717, 1.165) is 0 Å². The normalized spacial score (nSPS) is 22.3. The van der Waals surface area contributed by atoms with E-state index in [0.29, 0.717) is 6.54 Å². The fourth-order valence-corrected chi connectivity index (χ4v) is 1.41. The van der Waals surface area contributed by atoms with Crippen LogP contribution in [0.2, 0.25) is 0 Å². The summed E-state index contributed by atoms with van der Waals surface area (Å²) >= 11 is 0. The number of carbonyl (C=O) groups is 2. The van der Waals surface area contributed by atoms with Gasteiger partial charge in [0.1, 0.15) is 5.60 Å². The van der Waals surface area contributed by atoms with E-state index >= 15 is 0 Å². The molecule has 0 radical (unpaired) electrons. The van der Waals surface area contributed by atoms with Crippen LogP contribution in [0.1, 0.15) is 27.2 Å². The molecule has 0 aromatic carbocycles. The van der Waals surface area contributed by atoms with Gasteiger partial charge in [-0.2, -0.15) is 0 Å². The molecule has 16 heavy (non-hydrogen) atoms. The summed E-state index contributed by atoms with van der Waals surface area (Å²) in [4.78, 5) is 23.3. The second-order valence-electron chi connectivity index (χ2n) is 4.94. The second kappa shape index (κ2) is 4.29. The lowest BCUT2D eigenvalue weighted by Crippen LogP contribution is -2.58. The summed E-state index contributed by atoms with van der Waals surface area (Å²) in [5.41, 5.74) is 5.10. The number of ether oxygens (including phenoxy) is 1. The van der Waals surface area contributed by atoms with Gasteiger partial charge in [0.05, 0.1) is 6.54 Å². The van der Waals surface area contributed by atoms with Crippen molar-refractivity contribution in [3.63, 3.8) is 0 Å². The second-order valence-corrected chi connectivity index (χ2v) is 4.94. The molecule has 0 bridgehead atoms. The summed E-state index contributed by atoms with van der Waals surface area (Å²) in [5.74, 6) is -0.176. The van der Waals surface area contributed by atoms with Gasteiger partial charge in [-0.15, -0.1) is 0 Å². The van der Waals surface area contributed by atoms with Crippen molar-refractivity contribution in [3.8, 4) is 0 Å².